The zero-order valence-corrected chi connectivity index (χ0v) is 15.8. The zero-order valence-electron chi connectivity index (χ0n) is 15.8. The third-order valence-corrected chi connectivity index (χ3v) is 5.38. The van der Waals surface area contributed by atoms with Gasteiger partial charge in [0.15, 0.2) is 0 Å². The number of rotatable bonds is 4. The molecule has 0 radical (unpaired) electrons. The van der Waals surface area contributed by atoms with Crippen LogP contribution in [0.3, 0.4) is 0 Å². The number of nitro groups is 1. The Labute approximate surface area is 174 Å². The summed E-state index contributed by atoms with van der Waals surface area (Å²) in [5, 5.41) is 16.9. The molecule has 5 rings (SSSR count). The summed E-state index contributed by atoms with van der Waals surface area (Å²) in [6.45, 7) is 0. The summed E-state index contributed by atoms with van der Waals surface area (Å²) in [6, 6.07) is 17.9. The van der Waals surface area contributed by atoms with Crippen LogP contribution >= 0.6 is 0 Å². The van der Waals surface area contributed by atoms with Gasteiger partial charge in [0.1, 0.15) is 17.3 Å². The van der Waals surface area contributed by atoms with Crippen LogP contribution < -0.4 is 4.90 Å². The van der Waals surface area contributed by atoms with E-state index in [1.54, 1.807) is 18.2 Å². The standard InChI is InChI=1S/C22H13N3O6/c26-19(14-10-9-12-5-1-2-6-13(12)11-14)18-17-20(31-23-18)22(28)24(21(17)27)15-7-3-4-8-16(15)25(29)30/h1-11,17,20H/t17-,20+/m1/s1. The van der Waals surface area contributed by atoms with Crippen molar-refractivity contribution in [3.05, 3.63) is 82.4 Å². The van der Waals surface area contributed by atoms with Crippen molar-refractivity contribution in [2.45, 2.75) is 6.10 Å². The maximum absolute atomic E-state index is 13.1. The minimum absolute atomic E-state index is 0.169. The van der Waals surface area contributed by atoms with Crippen LogP contribution in [0.4, 0.5) is 11.4 Å². The Kier molecular flexibility index (Phi) is 4.11. The zero-order chi connectivity index (χ0) is 21.7. The van der Waals surface area contributed by atoms with Crippen molar-refractivity contribution in [1.29, 1.82) is 0 Å². The molecule has 2 amide bonds. The minimum atomic E-state index is -1.33. The molecule has 31 heavy (non-hydrogen) atoms. The highest BCUT2D eigenvalue weighted by Gasteiger charge is 2.58. The molecule has 152 valence electrons. The number of benzene rings is 3. The normalized spacial score (nSPS) is 19.9. The Morgan fingerprint density at radius 2 is 1.68 bits per heavy atom. The number of carbonyl (C=O) groups is 3. The number of amides is 2. The lowest BCUT2D eigenvalue weighted by atomic mass is 9.92. The summed E-state index contributed by atoms with van der Waals surface area (Å²) in [4.78, 5) is 55.5. The summed E-state index contributed by atoms with van der Waals surface area (Å²) >= 11 is 0. The molecule has 3 aromatic rings. The van der Waals surface area contributed by atoms with Crippen LogP contribution in [0.1, 0.15) is 10.4 Å². The maximum atomic E-state index is 13.1. The van der Waals surface area contributed by atoms with Gasteiger partial charge in [0.05, 0.1) is 4.92 Å². The van der Waals surface area contributed by atoms with Gasteiger partial charge in [-0.05, 0) is 22.9 Å². The van der Waals surface area contributed by atoms with E-state index in [2.05, 4.69) is 5.16 Å². The minimum Gasteiger partial charge on any atom is -0.381 e. The molecule has 2 atom stereocenters. The van der Waals surface area contributed by atoms with Crippen molar-refractivity contribution in [1.82, 2.24) is 0 Å². The first-order valence-corrected chi connectivity index (χ1v) is 9.36. The molecule has 0 aliphatic carbocycles. The summed E-state index contributed by atoms with van der Waals surface area (Å²) < 4.78 is 0. The Morgan fingerprint density at radius 1 is 0.968 bits per heavy atom. The number of fused-ring (bicyclic) bond motifs is 2. The summed E-state index contributed by atoms with van der Waals surface area (Å²) in [7, 11) is 0. The van der Waals surface area contributed by atoms with E-state index in [1.807, 2.05) is 24.3 Å². The first kappa shape index (κ1) is 18.6. The van der Waals surface area contributed by atoms with Crippen molar-refractivity contribution in [3.63, 3.8) is 0 Å². The van der Waals surface area contributed by atoms with E-state index >= 15 is 0 Å². The number of anilines is 1. The SMILES string of the molecule is O=C(C1=NO[C@@H]2C(=O)N(c3ccccc3[N+](=O)[O-])C(=O)[C@H]12)c1ccc2ccccc2c1. The summed E-state index contributed by atoms with van der Waals surface area (Å²) in [5.74, 6) is -3.38. The molecule has 0 N–H and O–H groups in total. The molecule has 2 aliphatic rings. The first-order valence-electron chi connectivity index (χ1n) is 9.36. The smallest absolute Gasteiger partial charge is 0.293 e. The number of imide groups is 1. The van der Waals surface area contributed by atoms with Crippen molar-refractivity contribution in [2.75, 3.05) is 4.90 Å². The molecule has 1 saturated heterocycles. The number of hydrogen-bond acceptors (Lipinski definition) is 7. The average molecular weight is 415 g/mol. The van der Waals surface area contributed by atoms with Crippen molar-refractivity contribution >= 4 is 45.5 Å². The van der Waals surface area contributed by atoms with Gasteiger partial charge < -0.3 is 4.84 Å². The molecule has 1 fully saturated rings. The van der Waals surface area contributed by atoms with Gasteiger partial charge in [-0.25, -0.2) is 4.90 Å². The number of para-hydroxylation sites is 2. The van der Waals surface area contributed by atoms with Crippen LogP contribution in [0.5, 0.6) is 0 Å². The average Bonchev–Trinajstić information content (AvgIpc) is 3.33. The molecular weight excluding hydrogens is 402 g/mol. The first-order chi connectivity index (χ1) is 15.0. The van der Waals surface area contributed by atoms with E-state index in [9.17, 15) is 24.5 Å². The van der Waals surface area contributed by atoms with Crippen molar-refractivity contribution in [2.24, 2.45) is 11.1 Å². The van der Waals surface area contributed by atoms with E-state index < -0.39 is 40.2 Å². The van der Waals surface area contributed by atoms with Crippen LogP contribution in [0.15, 0.2) is 71.9 Å². The maximum Gasteiger partial charge on any atom is 0.293 e. The van der Waals surface area contributed by atoms with Gasteiger partial charge in [-0.1, -0.05) is 53.7 Å². The van der Waals surface area contributed by atoms with Crippen LogP contribution in [-0.2, 0) is 14.4 Å². The highest BCUT2D eigenvalue weighted by Crippen LogP contribution is 2.38. The van der Waals surface area contributed by atoms with Crippen LogP contribution in [-0.4, -0.2) is 34.3 Å². The highest BCUT2D eigenvalue weighted by molar-refractivity contribution is 6.52. The molecule has 0 bridgehead atoms. The van der Waals surface area contributed by atoms with E-state index in [-0.39, 0.29) is 11.4 Å². The third-order valence-electron chi connectivity index (χ3n) is 5.38. The second kappa shape index (κ2) is 6.84. The van der Waals surface area contributed by atoms with E-state index in [0.717, 1.165) is 10.8 Å². The second-order valence-electron chi connectivity index (χ2n) is 7.13. The number of hydrogen-bond donors (Lipinski definition) is 0. The molecule has 0 saturated carbocycles. The number of nitrogens with zero attached hydrogens (tertiary/aromatic N) is 3. The fraction of sp³-hybridized carbons (Fsp3) is 0.0909. The van der Waals surface area contributed by atoms with E-state index in [4.69, 9.17) is 4.84 Å². The molecule has 9 nitrogen and oxygen atoms in total. The van der Waals surface area contributed by atoms with Gasteiger partial charge in [-0.15, -0.1) is 0 Å². The van der Waals surface area contributed by atoms with Crippen molar-refractivity contribution < 1.29 is 24.1 Å². The number of Topliss-reactive ketones (excluding diaryl/α,β-unsaturated/α-hetero) is 1. The van der Waals surface area contributed by atoms with Gasteiger partial charge in [-0.2, -0.15) is 0 Å². The molecule has 0 spiro atoms. The predicted octanol–water partition coefficient (Wildman–Crippen LogP) is 2.88. The highest BCUT2D eigenvalue weighted by atomic mass is 16.7. The Balaban J connectivity index is 1.50. The van der Waals surface area contributed by atoms with E-state index in [0.29, 0.717) is 10.5 Å². The largest absolute Gasteiger partial charge is 0.381 e. The molecule has 0 unspecified atom stereocenters. The Morgan fingerprint density at radius 3 is 2.45 bits per heavy atom. The van der Waals surface area contributed by atoms with E-state index in [1.165, 1.54) is 24.3 Å². The fourth-order valence-corrected chi connectivity index (χ4v) is 3.89. The second-order valence-corrected chi connectivity index (χ2v) is 7.13. The lowest BCUT2D eigenvalue weighted by Crippen LogP contribution is -2.34. The quantitative estimate of drug-likeness (QED) is 0.280. The predicted molar refractivity (Wildman–Crippen MR) is 110 cm³/mol. The molecular formula is C22H13N3O6. The van der Waals surface area contributed by atoms with Gasteiger partial charge in [0.25, 0.3) is 11.6 Å². The lowest BCUT2D eigenvalue weighted by Gasteiger charge is -2.15. The molecule has 2 heterocycles. The van der Waals surface area contributed by atoms with Gasteiger partial charge in [0, 0.05) is 11.6 Å². The monoisotopic (exact) mass is 415 g/mol. The van der Waals surface area contributed by atoms with Crippen LogP contribution in [0.25, 0.3) is 10.8 Å². The molecule has 3 aromatic carbocycles. The number of carbonyl (C=O) groups excluding carboxylic acids is 3. The molecule has 2 aliphatic heterocycles. The summed E-state index contributed by atoms with van der Waals surface area (Å²) in [5.41, 5.74) is -0.465. The lowest BCUT2D eigenvalue weighted by molar-refractivity contribution is -0.384. The fourth-order valence-electron chi connectivity index (χ4n) is 3.89. The van der Waals surface area contributed by atoms with Crippen LogP contribution in [0.2, 0.25) is 0 Å². The molecule has 0 aromatic heterocycles. The number of nitro benzene ring substituents is 1. The van der Waals surface area contributed by atoms with Crippen molar-refractivity contribution in [3.8, 4) is 0 Å². The van der Waals surface area contributed by atoms with Gasteiger partial charge >= 0.3 is 0 Å². The summed E-state index contributed by atoms with van der Waals surface area (Å²) in [6.07, 6.45) is -1.33. The van der Waals surface area contributed by atoms with Crippen LogP contribution in [0, 0.1) is 16.0 Å². The Bertz CT molecular complexity index is 1330. The topological polar surface area (TPSA) is 119 Å². The molecule has 9 heteroatoms. The third kappa shape index (κ3) is 2.78. The van der Waals surface area contributed by atoms with Gasteiger partial charge in [-0.3, -0.25) is 24.5 Å². The number of ketones is 1. The van der Waals surface area contributed by atoms with Gasteiger partial charge in [0.2, 0.25) is 17.8 Å². The number of oxime groups is 1. The Hall–Kier alpha value is -4.40.